The normalized spacial score (nSPS) is 11.8. The summed E-state index contributed by atoms with van der Waals surface area (Å²) in [5.41, 5.74) is 2.97. The Morgan fingerprint density at radius 1 is 1.23 bits per heavy atom. The molecular weight excluding hydrogens is 467 g/mol. The molecule has 0 radical (unpaired) electrons. The molecule has 0 aliphatic heterocycles. The van der Waals surface area contributed by atoms with Crippen molar-refractivity contribution in [3.05, 3.63) is 78.1 Å². The van der Waals surface area contributed by atoms with Gasteiger partial charge < -0.3 is 14.8 Å². The van der Waals surface area contributed by atoms with Gasteiger partial charge in [-0.25, -0.2) is 9.37 Å². The Morgan fingerprint density at radius 3 is 2.83 bits per heavy atom. The number of anilines is 1. The minimum absolute atomic E-state index is 0.244. The number of furan rings is 1. The number of aromatic nitrogens is 3. The number of aliphatic hydroxyl groups is 1. The zero-order valence-corrected chi connectivity index (χ0v) is 20.0. The fourth-order valence-electron chi connectivity index (χ4n) is 3.70. The Balaban J connectivity index is 1.45. The highest BCUT2D eigenvalue weighted by atomic mass is 32.1. The van der Waals surface area contributed by atoms with E-state index in [-0.39, 0.29) is 17.4 Å². The number of benzene rings is 2. The summed E-state index contributed by atoms with van der Waals surface area (Å²) in [6, 6.07) is 11.7. The fourth-order valence-corrected chi connectivity index (χ4v) is 4.50. The first-order valence-corrected chi connectivity index (χ1v) is 11.9. The maximum atomic E-state index is 13.6. The van der Waals surface area contributed by atoms with E-state index in [0.717, 1.165) is 22.0 Å². The molecular formula is C26H23FN4O3S. The van der Waals surface area contributed by atoms with Crippen LogP contribution in [0.5, 0.6) is 0 Å². The Labute approximate surface area is 204 Å². The number of nitrogens with one attached hydrogen (secondary N) is 1. The lowest BCUT2D eigenvalue weighted by Gasteiger charge is -2.16. The molecule has 0 unspecified atom stereocenters. The number of rotatable bonds is 7. The molecule has 0 aliphatic rings. The molecule has 0 atom stereocenters. The first-order chi connectivity index (χ1) is 16.7. The quantitative estimate of drug-likeness (QED) is 0.293. The third-order valence-corrected chi connectivity index (χ3v) is 6.42. The van der Waals surface area contributed by atoms with Gasteiger partial charge >= 0.3 is 0 Å². The van der Waals surface area contributed by atoms with Crippen molar-refractivity contribution in [1.82, 2.24) is 14.8 Å². The number of carbonyl (C=O) groups excluding carboxylic acids is 1. The van der Waals surface area contributed by atoms with Gasteiger partial charge in [0.25, 0.3) is 5.91 Å². The Hall–Kier alpha value is -3.82. The molecule has 2 aromatic carbocycles. The van der Waals surface area contributed by atoms with E-state index in [1.165, 1.54) is 23.5 Å². The molecule has 2 N–H and O–H groups in total. The van der Waals surface area contributed by atoms with Crippen LogP contribution in [-0.2, 0) is 6.54 Å². The van der Waals surface area contributed by atoms with Crippen molar-refractivity contribution in [1.29, 1.82) is 0 Å². The molecule has 5 rings (SSSR count). The summed E-state index contributed by atoms with van der Waals surface area (Å²) < 4.78 is 20.6. The lowest BCUT2D eigenvalue weighted by molar-refractivity contribution is 0.0651. The Kier molecular flexibility index (Phi) is 5.96. The van der Waals surface area contributed by atoms with Crippen molar-refractivity contribution in [2.75, 3.05) is 5.32 Å². The summed E-state index contributed by atoms with van der Waals surface area (Å²) in [5, 5.41) is 20.7. The smallest absolute Gasteiger partial charge is 0.275 e. The van der Waals surface area contributed by atoms with Crippen LogP contribution in [0.2, 0.25) is 0 Å². The van der Waals surface area contributed by atoms with Crippen LogP contribution >= 0.6 is 11.3 Å². The summed E-state index contributed by atoms with van der Waals surface area (Å²) >= 11 is 1.28. The van der Waals surface area contributed by atoms with Gasteiger partial charge in [-0.1, -0.05) is 12.1 Å². The third-order valence-electron chi connectivity index (χ3n) is 5.53. The van der Waals surface area contributed by atoms with E-state index in [4.69, 9.17) is 4.42 Å². The van der Waals surface area contributed by atoms with Crippen molar-refractivity contribution < 1.29 is 18.7 Å². The molecule has 7 nitrogen and oxygen atoms in total. The molecule has 3 aromatic heterocycles. The second kappa shape index (κ2) is 9.09. The SMILES string of the molecule is CC(C)(O)CCn1cc2cc(NC(=O)c3csc(-c4cccc(F)c4)n3)c(-c3ccoc3)cc2n1. The van der Waals surface area contributed by atoms with Crippen LogP contribution in [-0.4, -0.2) is 31.4 Å². The zero-order chi connectivity index (χ0) is 24.6. The van der Waals surface area contributed by atoms with Crippen molar-refractivity contribution in [2.45, 2.75) is 32.4 Å². The van der Waals surface area contributed by atoms with Gasteiger partial charge in [-0.3, -0.25) is 9.48 Å². The molecule has 1 amide bonds. The van der Waals surface area contributed by atoms with Gasteiger partial charge in [-0.15, -0.1) is 11.3 Å². The highest BCUT2D eigenvalue weighted by Gasteiger charge is 2.18. The third kappa shape index (κ3) is 5.16. The number of carbonyl (C=O) groups is 1. The predicted molar refractivity (Wildman–Crippen MR) is 134 cm³/mol. The van der Waals surface area contributed by atoms with Gasteiger partial charge in [0.2, 0.25) is 0 Å². The van der Waals surface area contributed by atoms with Crippen molar-refractivity contribution in [2.24, 2.45) is 0 Å². The van der Waals surface area contributed by atoms with E-state index in [2.05, 4.69) is 15.4 Å². The van der Waals surface area contributed by atoms with Gasteiger partial charge in [-0.2, -0.15) is 5.10 Å². The second-order valence-corrected chi connectivity index (χ2v) is 9.78. The number of fused-ring (bicyclic) bond motifs is 1. The van der Waals surface area contributed by atoms with Crippen LogP contribution in [0, 0.1) is 5.82 Å². The lowest BCUT2D eigenvalue weighted by Crippen LogP contribution is -2.21. The van der Waals surface area contributed by atoms with Crippen molar-refractivity contribution >= 4 is 33.8 Å². The van der Waals surface area contributed by atoms with Gasteiger partial charge in [-0.05, 0) is 50.6 Å². The summed E-state index contributed by atoms with van der Waals surface area (Å²) in [5.74, 6) is -0.729. The van der Waals surface area contributed by atoms with E-state index in [0.29, 0.717) is 29.2 Å². The molecule has 5 aromatic rings. The minimum Gasteiger partial charge on any atom is -0.472 e. The fraction of sp³-hybridized carbons (Fsp3) is 0.192. The minimum atomic E-state index is -0.795. The monoisotopic (exact) mass is 490 g/mol. The average Bonchev–Trinajstić information content (AvgIpc) is 3.57. The first-order valence-electron chi connectivity index (χ1n) is 11.0. The van der Waals surface area contributed by atoms with Crippen LogP contribution < -0.4 is 5.32 Å². The van der Waals surface area contributed by atoms with Crippen LogP contribution in [0.3, 0.4) is 0 Å². The van der Waals surface area contributed by atoms with Crippen molar-refractivity contribution in [3.8, 4) is 21.7 Å². The van der Waals surface area contributed by atoms with Crippen LogP contribution in [0.4, 0.5) is 10.1 Å². The zero-order valence-electron chi connectivity index (χ0n) is 19.2. The van der Waals surface area contributed by atoms with Gasteiger partial charge in [0.05, 0.1) is 23.6 Å². The Morgan fingerprint density at radius 2 is 2.09 bits per heavy atom. The summed E-state index contributed by atoms with van der Waals surface area (Å²) in [6.45, 7) is 4.08. The van der Waals surface area contributed by atoms with E-state index in [9.17, 15) is 14.3 Å². The number of amides is 1. The number of halogens is 1. The maximum absolute atomic E-state index is 13.6. The number of aryl methyl sites for hydroxylation is 1. The molecule has 0 saturated heterocycles. The Bertz CT molecular complexity index is 1500. The summed E-state index contributed by atoms with van der Waals surface area (Å²) in [4.78, 5) is 17.5. The number of thiazole rings is 1. The van der Waals surface area contributed by atoms with Crippen LogP contribution in [0.1, 0.15) is 30.8 Å². The predicted octanol–water partition coefficient (Wildman–Crippen LogP) is 5.97. The van der Waals surface area contributed by atoms with Crippen molar-refractivity contribution in [3.63, 3.8) is 0 Å². The number of nitrogens with zero attached hydrogens (tertiary/aromatic N) is 3. The molecule has 3 heterocycles. The van der Waals surface area contributed by atoms with E-state index >= 15 is 0 Å². The lowest BCUT2D eigenvalue weighted by atomic mass is 10.0. The molecule has 0 saturated carbocycles. The molecule has 35 heavy (non-hydrogen) atoms. The topological polar surface area (TPSA) is 93.2 Å². The molecule has 9 heteroatoms. The average molecular weight is 491 g/mol. The van der Waals surface area contributed by atoms with Gasteiger partial charge in [0.1, 0.15) is 16.5 Å². The molecule has 0 spiro atoms. The van der Waals surface area contributed by atoms with Crippen LogP contribution in [0.15, 0.2) is 71.0 Å². The van der Waals surface area contributed by atoms with Gasteiger partial charge in [0.15, 0.2) is 0 Å². The van der Waals surface area contributed by atoms with Gasteiger partial charge in [0, 0.05) is 45.9 Å². The molecule has 0 bridgehead atoms. The first kappa shape index (κ1) is 22.9. The van der Waals surface area contributed by atoms with E-state index in [1.54, 1.807) is 48.6 Å². The maximum Gasteiger partial charge on any atom is 0.275 e. The summed E-state index contributed by atoms with van der Waals surface area (Å²) in [6.07, 6.45) is 5.61. The molecule has 178 valence electrons. The largest absolute Gasteiger partial charge is 0.472 e. The van der Waals surface area contributed by atoms with E-state index in [1.807, 2.05) is 24.4 Å². The van der Waals surface area contributed by atoms with E-state index < -0.39 is 5.60 Å². The highest BCUT2D eigenvalue weighted by molar-refractivity contribution is 7.13. The molecule has 0 fully saturated rings. The standard InChI is InChI=1S/C26H23FN4O3S/c1-26(2,33)7-8-31-13-18-11-22(20(12-21(18)30-31)17-6-9-34-14-17)28-24(32)23-15-35-25(29-23)16-4-3-5-19(27)10-16/h3-6,9-15,33H,7-8H2,1-2H3,(H,28,32). The number of hydrogen-bond donors (Lipinski definition) is 2. The van der Waals surface area contributed by atoms with Crippen LogP contribution in [0.25, 0.3) is 32.6 Å². The number of hydrogen-bond acceptors (Lipinski definition) is 6. The summed E-state index contributed by atoms with van der Waals surface area (Å²) in [7, 11) is 0. The highest BCUT2D eigenvalue weighted by Crippen LogP contribution is 2.33. The second-order valence-electron chi connectivity index (χ2n) is 8.93. The molecule has 0 aliphatic carbocycles.